The van der Waals surface area contributed by atoms with Gasteiger partial charge in [0, 0.05) is 18.3 Å². The van der Waals surface area contributed by atoms with Crippen molar-refractivity contribution in [3.05, 3.63) is 29.8 Å². The summed E-state index contributed by atoms with van der Waals surface area (Å²) < 4.78 is 0. The molecule has 4 heteroatoms. The molecule has 108 valence electrons. The lowest BCUT2D eigenvalue weighted by Crippen LogP contribution is -2.49. The maximum Gasteiger partial charge on any atom is 0.241 e. The Hall–Kier alpha value is -1.39. The summed E-state index contributed by atoms with van der Waals surface area (Å²) in [5.41, 5.74) is 8.12. The maximum absolute atomic E-state index is 12.5. The van der Waals surface area contributed by atoms with E-state index in [4.69, 9.17) is 5.73 Å². The Bertz CT molecular complexity index is 502. The van der Waals surface area contributed by atoms with Crippen LogP contribution in [0.3, 0.4) is 0 Å². The number of nitrogens with two attached hydrogens (primary N) is 1. The average Bonchev–Trinajstić information content (AvgIpc) is 2.72. The van der Waals surface area contributed by atoms with Crippen LogP contribution in [0.4, 0.5) is 5.69 Å². The first kappa shape index (κ1) is 13.6. The predicted octanol–water partition coefficient (Wildman–Crippen LogP) is 1.61. The minimum Gasteiger partial charge on any atom is -0.329 e. The molecule has 1 aromatic rings. The lowest BCUT2D eigenvalue weighted by Gasteiger charge is -2.31. The summed E-state index contributed by atoms with van der Waals surface area (Å²) in [7, 11) is 0. The third-order valence-electron chi connectivity index (χ3n) is 4.83. The second kappa shape index (κ2) is 5.54. The van der Waals surface area contributed by atoms with E-state index in [0.29, 0.717) is 18.5 Å². The van der Waals surface area contributed by atoms with E-state index in [1.54, 1.807) is 0 Å². The average molecular weight is 273 g/mol. The Labute approximate surface area is 120 Å². The first-order valence-corrected chi connectivity index (χ1v) is 7.55. The van der Waals surface area contributed by atoms with Crippen molar-refractivity contribution in [2.45, 2.75) is 38.3 Å². The summed E-state index contributed by atoms with van der Waals surface area (Å²) in [6, 6.07) is 8.40. The number of amides is 1. The number of nitrogens with zero attached hydrogens (tertiary/aromatic N) is 1. The van der Waals surface area contributed by atoms with E-state index in [0.717, 1.165) is 31.5 Å². The molecule has 1 fully saturated rings. The van der Waals surface area contributed by atoms with Crippen LogP contribution >= 0.6 is 0 Å². The highest BCUT2D eigenvalue weighted by molar-refractivity contribution is 5.96. The number of aryl methyl sites for hydroxylation is 1. The maximum atomic E-state index is 12.5. The van der Waals surface area contributed by atoms with Crippen LogP contribution in [-0.2, 0) is 11.2 Å². The van der Waals surface area contributed by atoms with Crippen molar-refractivity contribution in [1.29, 1.82) is 0 Å². The van der Waals surface area contributed by atoms with Gasteiger partial charge in [0.15, 0.2) is 0 Å². The molecule has 1 aromatic carbocycles. The van der Waals surface area contributed by atoms with Gasteiger partial charge in [0.25, 0.3) is 0 Å². The second-order valence-corrected chi connectivity index (χ2v) is 6.01. The van der Waals surface area contributed by atoms with Crippen LogP contribution in [0.2, 0.25) is 0 Å². The summed E-state index contributed by atoms with van der Waals surface area (Å²) in [6.07, 6.45) is 2.96. The number of hydrogen-bond acceptors (Lipinski definition) is 3. The zero-order chi connectivity index (χ0) is 14.1. The quantitative estimate of drug-likeness (QED) is 0.860. The summed E-state index contributed by atoms with van der Waals surface area (Å²) in [4.78, 5) is 14.9. The fraction of sp³-hybridized carbons (Fsp3) is 0.562. The van der Waals surface area contributed by atoms with Crippen LogP contribution in [0.1, 0.15) is 25.3 Å². The number of para-hydroxylation sites is 1. The normalized spacial score (nSPS) is 30.7. The molecule has 3 unspecified atom stereocenters. The van der Waals surface area contributed by atoms with Crippen LogP contribution in [0.25, 0.3) is 0 Å². The van der Waals surface area contributed by atoms with E-state index in [-0.39, 0.29) is 11.9 Å². The summed E-state index contributed by atoms with van der Waals surface area (Å²) in [5.74, 6) is 0.709. The van der Waals surface area contributed by atoms with E-state index in [1.807, 2.05) is 18.2 Å². The molecule has 2 aliphatic rings. The van der Waals surface area contributed by atoms with Gasteiger partial charge in [-0.2, -0.15) is 0 Å². The third-order valence-corrected chi connectivity index (χ3v) is 4.83. The highest BCUT2D eigenvalue weighted by Crippen LogP contribution is 2.30. The van der Waals surface area contributed by atoms with Crippen molar-refractivity contribution in [3.63, 3.8) is 0 Å². The molecular formula is C16H23N3O. The molecule has 2 aliphatic heterocycles. The van der Waals surface area contributed by atoms with Gasteiger partial charge < -0.3 is 11.1 Å². The van der Waals surface area contributed by atoms with Crippen LogP contribution in [0.15, 0.2) is 24.3 Å². The molecule has 3 atom stereocenters. The fourth-order valence-electron chi connectivity index (χ4n) is 3.61. The molecular weight excluding hydrogens is 250 g/mol. The molecule has 0 saturated carbocycles. The molecule has 1 amide bonds. The fourth-order valence-corrected chi connectivity index (χ4v) is 3.61. The van der Waals surface area contributed by atoms with Crippen molar-refractivity contribution in [2.75, 3.05) is 18.4 Å². The first-order valence-electron chi connectivity index (χ1n) is 7.55. The molecule has 0 aromatic heterocycles. The standard InChI is InChI=1S/C16H23N3O/c1-11-8-9-19(15(11)10-17)14-7-6-12-4-2-3-5-13(12)18-16(14)20/h2-5,11,14-15H,6-10,17H2,1H3,(H,18,20). The molecule has 2 heterocycles. The Kier molecular flexibility index (Phi) is 3.76. The first-order chi connectivity index (χ1) is 9.70. The van der Waals surface area contributed by atoms with Gasteiger partial charge in [-0.25, -0.2) is 0 Å². The number of anilines is 1. The SMILES string of the molecule is CC1CCN(C2CCc3ccccc3NC2=O)C1CN. The van der Waals surface area contributed by atoms with Crippen molar-refractivity contribution >= 4 is 11.6 Å². The summed E-state index contributed by atoms with van der Waals surface area (Å²) in [6.45, 7) is 3.86. The van der Waals surface area contributed by atoms with E-state index in [2.05, 4.69) is 23.2 Å². The molecule has 0 spiro atoms. The van der Waals surface area contributed by atoms with E-state index < -0.39 is 0 Å². The smallest absolute Gasteiger partial charge is 0.241 e. The number of likely N-dealkylation sites (tertiary alicyclic amines) is 1. The Morgan fingerprint density at radius 1 is 1.35 bits per heavy atom. The molecule has 4 nitrogen and oxygen atoms in total. The molecule has 20 heavy (non-hydrogen) atoms. The zero-order valence-electron chi connectivity index (χ0n) is 12.0. The largest absolute Gasteiger partial charge is 0.329 e. The van der Waals surface area contributed by atoms with Gasteiger partial charge in [-0.3, -0.25) is 9.69 Å². The Balaban J connectivity index is 1.81. The highest BCUT2D eigenvalue weighted by Gasteiger charge is 2.38. The lowest BCUT2D eigenvalue weighted by atomic mass is 10.0. The predicted molar refractivity (Wildman–Crippen MR) is 80.5 cm³/mol. The van der Waals surface area contributed by atoms with E-state index in [1.165, 1.54) is 5.56 Å². The molecule has 3 N–H and O–H groups in total. The van der Waals surface area contributed by atoms with Gasteiger partial charge in [0.2, 0.25) is 5.91 Å². The van der Waals surface area contributed by atoms with Gasteiger partial charge in [0.05, 0.1) is 6.04 Å². The van der Waals surface area contributed by atoms with Crippen LogP contribution in [0.5, 0.6) is 0 Å². The number of rotatable bonds is 2. The molecule has 0 aliphatic carbocycles. The van der Waals surface area contributed by atoms with Gasteiger partial charge in [0.1, 0.15) is 0 Å². The van der Waals surface area contributed by atoms with Gasteiger partial charge in [-0.05, 0) is 43.4 Å². The number of carbonyl (C=O) groups excluding carboxylic acids is 1. The monoisotopic (exact) mass is 273 g/mol. The summed E-state index contributed by atoms with van der Waals surface area (Å²) in [5, 5.41) is 3.09. The van der Waals surface area contributed by atoms with Crippen LogP contribution in [0, 0.1) is 5.92 Å². The van der Waals surface area contributed by atoms with Crippen molar-refractivity contribution in [2.24, 2.45) is 11.7 Å². The number of carbonyl (C=O) groups is 1. The minimum atomic E-state index is -0.0408. The Morgan fingerprint density at radius 2 is 2.15 bits per heavy atom. The summed E-state index contributed by atoms with van der Waals surface area (Å²) >= 11 is 0. The minimum absolute atomic E-state index is 0.0408. The molecule has 0 bridgehead atoms. The lowest BCUT2D eigenvalue weighted by molar-refractivity contribution is -0.121. The number of benzene rings is 1. The van der Waals surface area contributed by atoms with E-state index in [9.17, 15) is 4.79 Å². The van der Waals surface area contributed by atoms with Crippen LogP contribution in [-0.4, -0.2) is 36.0 Å². The van der Waals surface area contributed by atoms with Crippen molar-refractivity contribution < 1.29 is 4.79 Å². The third kappa shape index (κ3) is 2.34. The number of nitrogens with one attached hydrogen (secondary N) is 1. The second-order valence-electron chi connectivity index (χ2n) is 6.01. The molecule has 1 saturated heterocycles. The zero-order valence-corrected chi connectivity index (χ0v) is 12.0. The van der Waals surface area contributed by atoms with Crippen LogP contribution < -0.4 is 11.1 Å². The van der Waals surface area contributed by atoms with Gasteiger partial charge in [-0.15, -0.1) is 0 Å². The highest BCUT2D eigenvalue weighted by atomic mass is 16.2. The van der Waals surface area contributed by atoms with Gasteiger partial charge >= 0.3 is 0 Å². The molecule has 3 rings (SSSR count). The topological polar surface area (TPSA) is 58.4 Å². The number of hydrogen-bond donors (Lipinski definition) is 2. The van der Waals surface area contributed by atoms with Crippen molar-refractivity contribution in [1.82, 2.24) is 4.90 Å². The Morgan fingerprint density at radius 3 is 2.95 bits per heavy atom. The van der Waals surface area contributed by atoms with Crippen molar-refractivity contribution in [3.8, 4) is 0 Å². The van der Waals surface area contributed by atoms with Gasteiger partial charge in [-0.1, -0.05) is 25.1 Å². The molecule has 0 radical (unpaired) electrons. The number of fused-ring (bicyclic) bond motifs is 1. The van der Waals surface area contributed by atoms with E-state index >= 15 is 0 Å².